The zero-order valence-corrected chi connectivity index (χ0v) is 18.9. The van der Waals surface area contributed by atoms with Crippen LogP contribution in [0.15, 0.2) is 57.8 Å². The predicted octanol–water partition coefficient (Wildman–Crippen LogP) is 2.54. The molecule has 3 aromatic rings. The van der Waals surface area contributed by atoms with E-state index in [1.807, 2.05) is 18.2 Å². The second-order valence-corrected chi connectivity index (χ2v) is 7.87. The summed E-state index contributed by atoms with van der Waals surface area (Å²) in [5.74, 6) is 1.72. The highest BCUT2D eigenvalue weighted by atomic mass is 16.5. The molecule has 3 heterocycles. The number of amides is 1. The second-order valence-electron chi connectivity index (χ2n) is 7.87. The summed E-state index contributed by atoms with van der Waals surface area (Å²) in [6, 6.07) is 11.6. The Morgan fingerprint density at radius 2 is 2.00 bits per heavy atom. The van der Waals surface area contributed by atoms with Crippen molar-refractivity contribution in [1.29, 1.82) is 0 Å². The van der Waals surface area contributed by atoms with Crippen molar-refractivity contribution in [2.75, 3.05) is 46.5 Å². The van der Waals surface area contributed by atoms with E-state index < -0.39 is 0 Å². The lowest BCUT2D eigenvalue weighted by atomic mass is 10.2. The lowest BCUT2D eigenvalue weighted by Gasteiger charge is -2.29. The van der Waals surface area contributed by atoms with Gasteiger partial charge in [-0.1, -0.05) is 18.2 Å². The van der Waals surface area contributed by atoms with E-state index in [0.29, 0.717) is 31.3 Å². The third-order valence-electron chi connectivity index (χ3n) is 5.57. The SMILES string of the molecule is COc1ccccc1CN(CCN1CCOCC1)Cc1nc(C(=O)NCc2ccco2)co1. The third-order valence-corrected chi connectivity index (χ3v) is 5.57. The first-order chi connectivity index (χ1) is 16.2. The molecule has 176 valence electrons. The summed E-state index contributed by atoms with van der Waals surface area (Å²) < 4.78 is 21.9. The molecule has 1 aromatic carbocycles. The highest BCUT2D eigenvalue weighted by Crippen LogP contribution is 2.20. The fraction of sp³-hybridized carbons (Fsp3) is 0.417. The molecule has 1 aliphatic heterocycles. The highest BCUT2D eigenvalue weighted by Gasteiger charge is 2.18. The van der Waals surface area contributed by atoms with Crippen LogP contribution >= 0.6 is 0 Å². The number of methoxy groups -OCH3 is 1. The molecule has 1 fully saturated rings. The number of benzene rings is 1. The standard InChI is InChI=1S/C24H30N4O5/c1-30-22-7-3-2-5-19(22)16-28(9-8-27-10-13-31-14-11-27)17-23-26-21(18-33-23)24(29)25-15-20-6-4-12-32-20/h2-7,12,18H,8-11,13-17H2,1H3,(H,25,29). The molecule has 1 saturated heterocycles. The van der Waals surface area contributed by atoms with Crippen molar-refractivity contribution < 1.29 is 23.1 Å². The van der Waals surface area contributed by atoms with Gasteiger partial charge in [-0.05, 0) is 18.2 Å². The largest absolute Gasteiger partial charge is 0.496 e. The van der Waals surface area contributed by atoms with Gasteiger partial charge < -0.3 is 23.6 Å². The molecule has 0 radical (unpaired) electrons. The number of carbonyl (C=O) groups excluding carboxylic acids is 1. The molecule has 33 heavy (non-hydrogen) atoms. The molecule has 4 rings (SSSR count). The molecular formula is C24H30N4O5. The molecule has 0 saturated carbocycles. The number of nitrogens with one attached hydrogen (secondary N) is 1. The number of carbonyl (C=O) groups is 1. The van der Waals surface area contributed by atoms with Crippen LogP contribution in [0.25, 0.3) is 0 Å². The average Bonchev–Trinajstić information content (AvgIpc) is 3.54. The number of oxazole rings is 1. The molecular weight excluding hydrogens is 424 g/mol. The summed E-state index contributed by atoms with van der Waals surface area (Å²) in [5, 5.41) is 2.79. The Morgan fingerprint density at radius 1 is 1.15 bits per heavy atom. The van der Waals surface area contributed by atoms with Gasteiger partial charge in [-0.3, -0.25) is 14.6 Å². The fourth-order valence-electron chi connectivity index (χ4n) is 3.75. The number of furan rings is 1. The van der Waals surface area contributed by atoms with Gasteiger partial charge in [0.05, 0.1) is 39.7 Å². The van der Waals surface area contributed by atoms with Gasteiger partial charge in [0.15, 0.2) is 5.69 Å². The van der Waals surface area contributed by atoms with Crippen molar-refractivity contribution in [2.45, 2.75) is 19.6 Å². The second kappa shape index (κ2) is 11.6. The van der Waals surface area contributed by atoms with E-state index in [2.05, 4.69) is 26.2 Å². The quantitative estimate of drug-likeness (QED) is 0.473. The van der Waals surface area contributed by atoms with Crippen molar-refractivity contribution in [3.63, 3.8) is 0 Å². The average molecular weight is 455 g/mol. The van der Waals surface area contributed by atoms with Gasteiger partial charge >= 0.3 is 0 Å². The molecule has 0 spiro atoms. The minimum atomic E-state index is -0.300. The Morgan fingerprint density at radius 3 is 2.79 bits per heavy atom. The van der Waals surface area contributed by atoms with Crippen LogP contribution in [0.2, 0.25) is 0 Å². The first-order valence-electron chi connectivity index (χ1n) is 11.1. The molecule has 0 unspecified atom stereocenters. The Hall–Kier alpha value is -3.14. The maximum absolute atomic E-state index is 12.4. The van der Waals surface area contributed by atoms with E-state index in [1.165, 1.54) is 6.26 Å². The van der Waals surface area contributed by atoms with E-state index in [0.717, 1.165) is 50.7 Å². The highest BCUT2D eigenvalue weighted by molar-refractivity contribution is 5.91. The van der Waals surface area contributed by atoms with Gasteiger partial charge in [-0.25, -0.2) is 4.98 Å². The van der Waals surface area contributed by atoms with E-state index in [4.69, 9.17) is 18.3 Å². The summed E-state index contributed by atoms with van der Waals surface area (Å²) in [4.78, 5) is 21.5. The van der Waals surface area contributed by atoms with Crippen LogP contribution < -0.4 is 10.1 Å². The minimum Gasteiger partial charge on any atom is -0.496 e. The van der Waals surface area contributed by atoms with Crippen molar-refractivity contribution in [3.05, 3.63) is 71.8 Å². The Kier molecular flexibility index (Phi) is 8.13. The number of hydrogen-bond acceptors (Lipinski definition) is 8. The van der Waals surface area contributed by atoms with E-state index in [1.54, 1.807) is 25.5 Å². The number of nitrogens with zero attached hydrogens (tertiary/aromatic N) is 3. The van der Waals surface area contributed by atoms with Crippen LogP contribution in [0.5, 0.6) is 5.75 Å². The number of para-hydroxylation sites is 1. The summed E-state index contributed by atoms with van der Waals surface area (Å²) in [6.07, 6.45) is 2.97. The Bertz CT molecular complexity index is 998. The molecule has 1 aliphatic rings. The summed E-state index contributed by atoms with van der Waals surface area (Å²) >= 11 is 0. The van der Waals surface area contributed by atoms with Crippen molar-refractivity contribution >= 4 is 5.91 Å². The first-order valence-corrected chi connectivity index (χ1v) is 11.1. The first kappa shape index (κ1) is 23.0. The smallest absolute Gasteiger partial charge is 0.273 e. The van der Waals surface area contributed by atoms with Crippen molar-refractivity contribution in [3.8, 4) is 5.75 Å². The van der Waals surface area contributed by atoms with Gasteiger partial charge in [0, 0.05) is 38.3 Å². The van der Waals surface area contributed by atoms with E-state index in [9.17, 15) is 4.79 Å². The number of aromatic nitrogens is 1. The molecule has 9 nitrogen and oxygen atoms in total. The van der Waals surface area contributed by atoms with Crippen LogP contribution in [-0.2, 0) is 24.4 Å². The summed E-state index contributed by atoms with van der Waals surface area (Å²) in [6.45, 7) is 6.59. The fourth-order valence-corrected chi connectivity index (χ4v) is 3.75. The zero-order chi connectivity index (χ0) is 22.9. The molecule has 1 N–H and O–H groups in total. The molecule has 9 heteroatoms. The number of ether oxygens (including phenoxy) is 2. The molecule has 0 atom stereocenters. The zero-order valence-electron chi connectivity index (χ0n) is 18.9. The minimum absolute atomic E-state index is 0.252. The number of rotatable bonds is 11. The van der Waals surface area contributed by atoms with Crippen LogP contribution in [0, 0.1) is 0 Å². The molecule has 1 amide bonds. The topological polar surface area (TPSA) is 93.2 Å². The summed E-state index contributed by atoms with van der Waals surface area (Å²) in [7, 11) is 1.68. The molecule has 0 bridgehead atoms. The molecule has 0 aliphatic carbocycles. The summed E-state index contributed by atoms with van der Waals surface area (Å²) in [5.41, 5.74) is 1.34. The van der Waals surface area contributed by atoms with E-state index >= 15 is 0 Å². The molecule has 2 aromatic heterocycles. The van der Waals surface area contributed by atoms with E-state index in [-0.39, 0.29) is 11.6 Å². The van der Waals surface area contributed by atoms with Crippen molar-refractivity contribution in [1.82, 2.24) is 20.1 Å². The van der Waals surface area contributed by atoms with Crippen molar-refractivity contribution in [2.24, 2.45) is 0 Å². The normalized spacial score (nSPS) is 14.5. The van der Waals surface area contributed by atoms with Crippen LogP contribution in [0.3, 0.4) is 0 Å². The van der Waals surface area contributed by atoms with Gasteiger partial charge in [-0.15, -0.1) is 0 Å². The van der Waals surface area contributed by atoms with Crippen LogP contribution in [0.1, 0.15) is 27.7 Å². The Labute approximate surface area is 193 Å². The van der Waals surface area contributed by atoms with Crippen LogP contribution in [-0.4, -0.2) is 67.2 Å². The lowest BCUT2D eigenvalue weighted by Crippen LogP contribution is -2.41. The lowest BCUT2D eigenvalue weighted by molar-refractivity contribution is 0.0320. The number of morpholine rings is 1. The maximum Gasteiger partial charge on any atom is 0.273 e. The maximum atomic E-state index is 12.4. The Balaban J connectivity index is 1.39. The van der Waals surface area contributed by atoms with Gasteiger partial charge in [-0.2, -0.15) is 0 Å². The third kappa shape index (κ3) is 6.67. The van der Waals surface area contributed by atoms with Crippen LogP contribution in [0.4, 0.5) is 0 Å². The predicted molar refractivity (Wildman–Crippen MR) is 121 cm³/mol. The van der Waals surface area contributed by atoms with Gasteiger partial charge in [0.25, 0.3) is 5.91 Å². The van der Waals surface area contributed by atoms with Gasteiger partial charge in [0.2, 0.25) is 5.89 Å². The monoisotopic (exact) mass is 454 g/mol. The van der Waals surface area contributed by atoms with Gasteiger partial charge in [0.1, 0.15) is 17.8 Å². The number of hydrogen-bond donors (Lipinski definition) is 1.